The first kappa shape index (κ1) is 21.8. The first-order valence-corrected chi connectivity index (χ1v) is 11.6. The summed E-state index contributed by atoms with van der Waals surface area (Å²) in [6, 6.07) is 21.4. The number of carbonyl (C=O) groups excluding carboxylic acids is 1. The number of aromatic nitrogens is 3. The molecule has 2 heterocycles. The van der Waals surface area contributed by atoms with Gasteiger partial charge in [0.2, 0.25) is 0 Å². The number of nitrogens with zero attached hydrogens (tertiary/aromatic N) is 4. The van der Waals surface area contributed by atoms with Gasteiger partial charge in [0.1, 0.15) is 5.75 Å². The fraction of sp³-hybridized carbons (Fsp3) is 0.130. The number of rotatable bonds is 8. The Morgan fingerprint density at radius 3 is 2.59 bits per heavy atom. The molecule has 0 unspecified atom stereocenters. The van der Waals surface area contributed by atoms with Crippen molar-refractivity contribution in [3.63, 3.8) is 0 Å². The van der Waals surface area contributed by atoms with Gasteiger partial charge >= 0.3 is 0 Å². The number of thiophene rings is 1. The fourth-order valence-corrected chi connectivity index (χ4v) is 4.45. The lowest BCUT2D eigenvalue weighted by atomic mass is 10.2. The van der Waals surface area contributed by atoms with Gasteiger partial charge in [0, 0.05) is 21.0 Å². The van der Waals surface area contributed by atoms with Crippen molar-refractivity contribution in [2.75, 3.05) is 12.9 Å². The van der Waals surface area contributed by atoms with Crippen LogP contribution in [-0.4, -0.2) is 39.7 Å². The van der Waals surface area contributed by atoms with E-state index in [-0.39, 0.29) is 11.7 Å². The first-order valence-electron chi connectivity index (χ1n) is 9.80. The number of hydrogen-bond donors (Lipinski definition) is 1. The van der Waals surface area contributed by atoms with Crippen molar-refractivity contribution in [3.8, 4) is 22.8 Å². The molecule has 0 bridgehead atoms. The smallest absolute Gasteiger partial charge is 0.250 e. The van der Waals surface area contributed by atoms with E-state index in [0.717, 1.165) is 21.9 Å². The minimum absolute atomic E-state index is 0.157. The number of hydrogen-bond acceptors (Lipinski definition) is 7. The predicted octanol–water partition coefficient (Wildman–Crippen LogP) is 4.56. The SMILES string of the molecule is COc1ccc(-n2c(SCC(=O)NN=Cc3ccc(C)s3)nnc2-c2ccccc2)cc1. The molecule has 0 aliphatic rings. The predicted molar refractivity (Wildman–Crippen MR) is 129 cm³/mol. The van der Waals surface area contributed by atoms with Gasteiger partial charge in [-0.05, 0) is 43.3 Å². The number of aryl methyl sites for hydroxylation is 1. The zero-order valence-corrected chi connectivity index (χ0v) is 19.2. The molecular weight excluding hydrogens is 442 g/mol. The van der Waals surface area contributed by atoms with Crippen molar-refractivity contribution >= 4 is 35.2 Å². The third-order valence-electron chi connectivity index (χ3n) is 4.47. The molecule has 0 radical (unpaired) electrons. The number of amides is 1. The van der Waals surface area contributed by atoms with Crippen LogP contribution in [0.5, 0.6) is 5.75 Å². The van der Waals surface area contributed by atoms with E-state index in [1.165, 1.54) is 16.6 Å². The number of carbonyl (C=O) groups is 1. The summed E-state index contributed by atoms with van der Waals surface area (Å²) in [5, 5.41) is 13.4. The quantitative estimate of drug-likeness (QED) is 0.235. The molecule has 32 heavy (non-hydrogen) atoms. The molecule has 0 saturated heterocycles. The van der Waals surface area contributed by atoms with Gasteiger partial charge in [0.25, 0.3) is 5.91 Å². The van der Waals surface area contributed by atoms with E-state index < -0.39 is 0 Å². The van der Waals surface area contributed by atoms with Crippen molar-refractivity contribution in [3.05, 3.63) is 76.5 Å². The summed E-state index contributed by atoms with van der Waals surface area (Å²) in [5.41, 5.74) is 4.38. The number of methoxy groups -OCH3 is 1. The summed E-state index contributed by atoms with van der Waals surface area (Å²) >= 11 is 2.92. The molecule has 4 aromatic rings. The molecule has 1 amide bonds. The number of nitrogens with one attached hydrogen (secondary N) is 1. The fourth-order valence-electron chi connectivity index (χ4n) is 2.95. The van der Waals surface area contributed by atoms with Gasteiger partial charge < -0.3 is 4.74 Å². The Labute approximate surface area is 194 Å². The summed E-state index contributed by atoms with van der Waals surface area (Å²) in [6.45, 7) is 2.03. The summed E-state index contributed by atoms with van der Waals surface area (Å²) < 4.78 is 7.21. The molecule has 7 nitrogen and oxygen atoms in total. The van der Waals surface area contributed by atoms with Crippen molar-refractivity contribution in [2.24, 2.45) is 5.10 Å². The highest BCUT2D eigenvalue weighted by atomic mass is 32.2. The van der Waals surface area contributed by atoms with Crippen molar-refractivity contribution in [1.82, 2.24) is 20.2 Å². The summed E-state index contributed by atoms with van der Waals surface area (Å²) in [5.74, 6) is 1.40. The average Bonchev–Trinajstić information content (AvgIpc) is 3.44. The summed E-state index contributed by atoms with van der Waals surface area (Å²) in [7, 11) is 1.63. The summed E-state index contributed by atoms with van der Waals surface area (Å²) in [6.07, 6.45) is 1.65. The Morgan fingerprint density at radius 2 is 1.91 bits per heavy atom. The number of thioether (sulfide) groups is 1. The van der Waals surface area contributed by atoms with Crippen LogP contribution in [0.2, 0.25) is 0 Å². The molecule has 1 N–H and O–H groups in total. The van der Waals surface area contributed by atoms with E-state index in [2.05, 4.69) is 20.7 Å². The molecular formula is C23H21N5O2S2. The Hall–Kier alpha value is -3.43. The molecule has 0 atom stereocenters. The van der Waals surface area contributed by atoms with Crippen LogP contribution in [0.15, 0.2) is 77.0 Å². The highest BCUT2D eigenvalue weighted by Gasteiger charge is 2.17. The van der Waals surface area contributed by atoms with Gasteiger partial charge in [-0.25, -0.2) is 5.43 Å². The molecule has 0 spiro atoms. The van der Waals surface area contributed by atoms with Gasteiger partial charge in [-0.1, -0.05) is 42.1 Å². The van der Waals surface area contributed by atoms with Crippen LogP contribution in [0.25, 0.3) is 17.1 Å². The van der Waals surface area contributed by atoms with Crippen LogP contribution in [-0.2, 0) is 4.79 Å². The average molecular weight is 464 g/mol. The van der Waals surface area contributed by atoms with Gasteiger partial charge in [-0.2, -0.15) is 5.10 Å². The molecule has 0 saturated carbocycles. The number of benzene rings is 2. The van der Waals surface area contributed by atoms with Crippen molar-refractivity contribution in [2.45, 2.75) is 12.1 Å². The lowest BCUT2D eigenvalue weighted by Gasteiger charge is -2.11. The largest absolute Gasteiger partial charge is 0.497 e. The third kappa shape index (κ3) is 5.24. The zero-order chi connectivity index (χ0) is 22.3. The molecule has 162 valence electrons. The van der Waals surface area contributed by atoms with Crippen LogP contribution in [0.3, 0.4) is 0 Å². The molecule has 2 aromatic heterocycles. The van der Waals surface area contributed by atoms with E-state index in [9.17, 15) is 4.79 Å². The second-order valence-electron chi connectivity index (χ2n) is 6.74. The molecule has 0 fully saturated rings. The maximum absolute atomic E-state index is 12.3. The summed E-state index contributed by atoms with van der Waals surface area (Å²) in [4.78, 5) is 14.5. The second-order valence-corrected chi connectivity index (χ2v) is 9.00. The lowest BCUT2D eigenvalue weighted by molar-refractivity contribution is -0.118. The second kappa shape index (κ2) is 10.3. The van der Waals surface area contributed by atoms with E-state index >= 15 is 0 Å². The van der Waals surface area contributed by atoms with Gasteiger partial charge in [-0.3, -0.25) is 9.36 Å². The molecule has 2 aromatic carbocycles. The number of ether oxygens (including phenoxy) is 1. The highest BCUT2D eigenvalue weighted by molar-refractivity contribution is 7.99. The van der Waals surface area contributed by atoms with E-state index in [1.54, 1.807) is 24.7 Å². The first-order chi connectivity index (χ1) is 15.6. The maximum atomic E-state index is 12.3. The molecule has 0 aliphatic carbocycles. The van der Waals surface area contributed by atoms with Crippen molar-refractivity contribution < 1.29 is 9.53 Å². The number of hydrazone groups is 1. The van der Waals surface area contributed by atoms with Gasteiger partial charge in [0.15, 0.2) is 11.0 Å². The standard InChI is InChI=1S/C23H21N5O2S2/c1-16-8-13-20(32-16)14-24-25-21(29)15-31-23-27-26-22(17-6-4-3-5-7-17)28(23)18-9-11-19(30-2)12-10-18/h3-14H,15H2,1-2H3,(H,25,29). The monoisotopic (exact) mass is 463 g/mol. The van der Waals surface area contributed by atoms with Crippen molar-refractivity contribution in [1.29, 1.82) is 0 Å². The van der Waals surface area contributed by atoms with Crippen LogP contribution >= 0.6 is 23.1 Å². The molecule has 0 aliphatic heterocycles. The van der Waals surface area contributed by atoms with Crippen LogP contribution in [0, 0.1) is 6.92 Å². The van der Waals surface area contributed by atoms with Crippen LogP contribution in [0.1, 0.15) is 9.75 Å². The maximum Gasteiger partial charge on any atom is 0.250 e. The Bertz CT molecular complexity index is 1220. The minimum atomic E-state index is -0.218. The Balaban J connectivity index is 1.52. The molecule has 4 rings (SSSR count). The van der Waals surface area contributed by atoms with Gasteiger partial charge in [-0.15, -0.1) is 21.5 Å². The van der Waals surface area contributed by atoms with E-state index in [1.807, 2.05) is 78.2 Å². The topological polar surface area (TPSA) is 81.4 Å². The molecule has 9 heteroatoms. The third-order valence-corrected chi connectivity index (χ3v) is 6.33. The normalized spacial score (nSPS) is 11.1. The Kier molecular flexibility index (Phi) is 6.98. The van der Waals surface area contributed by atoms with Crippen LogP contribution < -0.4 is 10.2 Å². The van der Waals surface area contributed by atoms with E-state index in [0.29, 0.717) is 11.0 Å². The zero-order valence-electron chi connectivity index (χ0n) is 17.6. The lowest BCUT2D eigenvalue weighted by Crippen LogP contribution is -2.19. The Morgan fingerprint density at radius 1 is 1.12 bits per heavy atom. The van der Waals surface area contributed by atoms with E-state index in [4.69, 9.17) is 4.74 Å². The van der Waals surface area contributed by atoms with Gasteiger partial charge in [0.05, 0.1) is 19.1 Å². The minimum Gasteiger partial charge on any atom is -0.497 e. The highest BCUT2D eigenvalue weighted by Crippen LogP contribution is 2.28. The van der Waals surface area contributed by atoms with Crippen LogP contribution in [0.4, 0.5) is 0 Å².